The fourth-order valence-corrected chi connectivity index (χ4v) is 1.70. The topological polar surface area (TPSA) is 74.6 Å². The van der Waals surface area contributed by atoms with Gasteiger partial charge in [0.1, 0.15) is 0 Å². The van der Waals surface area contributed by atoms with Crippen molar-refractivity contribution in [3.8, 4) is 0 Å². The van der Waals surface area contributed by atoms with Gasteiger partial charge in [-0.15, -0.1) is 0 Å². The van der Waals surface area contributed by atoms with Crippen LogP contribution < -0.4 is 0 Å². The third kappa shape index (κ3) is 1.32. The Morgan fingerprint density at radius 2 is 1.92 bits per heavy atom. The van der Waals surface area contributed by atoms with E-state index in [1.165, 1.54) is 0 Å². The number of allylic oxidation sites excluding steroid dienone is 1. The van der Waals surface area contributed by atoms with E-state index in [1.807, 2.05) is 0 Å². The normalized spacial score (nSPS) is 20.5. The summed E-state index contributed by atoms with van der Waals surface area (Å²) in [5.41, 5.74) is -1.23. The zero-order chi connectivity index (χ0) is 10.1. The Balaban J connectivity index is 3.17. The molecule has 1 aliphatic rings. The third-order valence-corrected chi connectivity index (χ3v) is 2.61. The largest absolute Gasteiger partial charge is 0.480 e. The third-order valence-electron chi connectivity index (χ3n) is 2.61. The molecule has 13 heavy (non-hydrogen) atoms. The van der Waals surface area contributed by atoms with Crippen molar-refractivity contribution in [2.45, 2.75) is 26.2 Å². The molecule has 4 nitrogen and oxygen atoms in total. The molecule has 0 atom stereocenters. The van der Waals surface area contributed by atoms with E-state index in [9.17, 15) is 9.59 Å². The Kier molecular flexibility index (Phi) is 2.40. The summed E-state index contributed by atoms with van der Waals surface area (Å²) < 4.78 is 0. The van der Waals surface area contributed by atoms with Crippen LogP contribution in [0.15, 0.2) is 11.6 Å². The van der Waals surface area contributed by atoms with Gasteiger partial charge in [0.15, 0.2) is 5.41 Å². The van der Waals surface area contributed by atoms with Crippen molar-refractivity contribution >= 4 is 11.9 Å². The second-order valence-corrected chi connectivity index (χ2v) is 3.30. The molecule has 0 saturated carbocycles. The van der Waals surface area contributed by atoms with Crippen molar-refractivity contribution in [3.63, 3.8) is 0 Å². The van der Waals surface area contributed by atoms with E-state index in [0.29, 0.717) is 12.0 Å². The molecule has 0 amide bonds. The highest BCUT2D eigenvalue weighted by Crippen LogP contribution is 2.37. The van der Waals surface area contributed by atoms with Crippen LogP contribution in [-0.4, -0.2) is 22.2 Å². The highest BCUT2D eigenvalue weighted by molar-refractivity contribution is 6.01. The van der Waals surface area contributed by atoms with Crippen LogP contribution >= 0.6 is 0 Å². The second kappa shape index (κ2) is 3.20. The lowest BCUT2D eigenvalue weighted by atomic mass is 9.73. The van der Waals surface area contributed by atoms with Gasteiger partial charge >= 0.3 is 11.9 Å². The van der Waals surface area contributed by atoms with Crippen LogP contribution in [0.3, 0.4) is 0 Å². The zero-order valence-electron chi connectivity index (χ0n) is 7.41. The van der Waals surface area contributed by atoms with E-state index in [4.69, 9.17) is 10.2 Å². The molecule has 0 spiro atoms. The predicted molar refractivity (Wildman–Crippen MR) is 45.3 cm³/mol. The summed E-state index contributed by atoms with van der Waals surface area (Å²) in [5, 5.41) is 17.8. The molecule has 0 bridgehead atoms. The quantitative estimate of drug-likeness (QED) is 0.500. The van der Waals surface area contributed by atoms with Crippen molar-refractivity contribution in [2.24, 2.45) is 5.41 Å². The summed E-state index contributed by atoms with van der Waals surface area (Å²) in [6.45, 7) is 1.57. The van der Waals surface area contributed by atoms with Gasteiger partial charge in [0.25, 0.3) is 0 Å². The molecule has 0 fully saturated rings. The van der Waals surface area contributed by atoms with E-state index in [1.54, 1.807) is 13.0 Å². The summed E-state index contributed by atoms with van der Waals surface area (Å²) in [6, 6.07) is 0. The van der Waals surface area contributed by atoms with Gasteiger partial charge in [-0.2, -0.15) is 0 Å². The molecule has 0 heterocycles. The molecular formula is C9H12O4. The Morgan fingerprint density at radius 3 is 2.23 bits per heavy atom. The van der Waals surface area contributed by atoms with Crippen molar-refractivity contribution in [1.29, 1.82) is 0 Å². The van der Waals surface area contributed by atoms with Gasteiger partial charge in [0, 0.05) is 0 Å². The first kappa shape index (κ1) is 9.77. The number of carboxylic acid groups (broad SMARTS) is 2. The number of hydrogen-bond acceptors (Lipinski definition) is 2. The van der Waals surface area contributed by atoms with Crippen LogP contribution in [0.5, 0.6) is 0 Å². The summed E-state index contributed by atoms with van der Waals surface area (Å²) >= 11 is 0. The molecule has 1 aliphatic carbocycles. The van der Waals surface area contributed by atoms with Crippen LogP contribution in [0.1, 0.15) is 26.2 Å². The van der Waals surface area contributed by atoms with Crippen molar-refractivity contribution in [2.75, 3.05) is 0 Å². The molecule has 72 valence electrons. The fourth-order valence-electron chi connectivity index (χ4n) is 1.70. The molecule has 0 unspecified atom stereocenters. The standard InChI is InChI=1S/C9H12O4/c1-6-4-2-3-5-9(6,7(10)11)8(12)13/h4H,2-3,5H2,1H3,(H,10,11)(H,12,13). The maximum Gasteiger partial charge on any atom is 0.325 e. The highest BCUT2D eigenvalue weighted by Gasteiger charge is 2.48. The summed E-state index contributed by atoms with van der Waals surface area (Å²) in [4.78, 5) is 21.8. The van der Waals surface area contributed by atoms with E-state index < -0.39 is 17.4 Å². The first-order valence-corrected chi connectivity index (χ1v) is 4.16. The second-order valence-electron chi connectivity index (χ2n) is 3.30. The zero-order valence-corrected chi connectivity index (χ0v) is 7.41. The minimum atomic E-state index is -1.67. The molecular weight excluding hydrogens is 172 g/mol. The SMILES string of the molecule is CC1=CCCCC1(C(=O)O)C(=O)O. The Labute approximate surface area is 75.9 Å². The number of hydrogen-bond donors (Lipinski definition) is 2. The number of rotatable bonds is 2. The van der Waals surface area contributed by atoms with Gasteiger partial charge in [-0.25, -0.2) is 0 Å². The lowest BCUT2D eigenvalue weighted by Crippen LogP contribution is -2.41. The molecule has 0 radical (unpaired) electrons. The van der Waals surface area contributed by atoms with E-state index in [0.717, 1.165) is 6.42 Å². The number of aliphatic carboxylic acids is 2. The van der Waals surface area contributed by atoms with E-state index >= 15 is 0 Å². The fraction of sp³-hybridized carbons (Fsp3) is 0.556. The average molecular weight is 184 g/mol. The summed E-state index contributed by atoms with van der Waals surface area (Å²) in [6.07, 6.45) is 3.29. The minimum absolute atomic E-state index is 0.194. The van der Waals surface area contributed by atoms with Crippen LogP contribution in [0.2, 0.25) is 0 Å². The maximum absolute atomic E-state index is 10.9. The van der Waals surface area contributed by atoms with E-state index in [2.05, 4.69) is 0 Å². The lowest BCUT2D eigenvalue weighted by Gasteiger charge is -2.28. The minimum Gasteiger partial charge on any atom is -0.480 e. The van der Waals surface area contributed by atoms with Gasteiger partial charge in [-0.1, -0.05) is 6.08 Å². The molecule has 1 rings (SSSR count). The first-order chi connectivity index (χ1) is 6.01. The number of carbonyl (C=O) groups is 2. The maximum atomic E-state index is 10.9. The molecule has 4 heteroatoms. The van der Waals surface area contributed by atoms with Gasteiger partial charge < -0.3 is 10.2 Å². The Bertz CT molecular complexity index is 263. The molecule has 0 aromatic carbocycles. The monoisotopic (exact) mass is 184 g/mol. The number of carboxylic acids is 2. The van der Waals surface area contributed by atoms with Crippen LogP contribution in [-0.2, 0) is 9.59 Å². The van der Waals surface area contributed by atoms with E-state index in [-0.39, 0.29) is 6.42 Å². The Morgan fingerprint density at radius 1 is 1.38 bits per heavy atom. The van der Waals surface area contributed by atoms with Crippen molar-refractivity contribution < 1.29 is 19.8 Å². The smallest absolute Gasteiger partial charge is 0.325 e. The summed E-state index contributed by atoms with van der Waals surface area (Å²) in [7, 11) is 0. The van der Waals surface area contributed by atoms with Gasteiger partial charge in [0.2, 0.25) is 0 Å². The lowest BCUT2D eigenvalue weighted by molar-refractivity contribution is -0.162. The van der Waals surface area contributed by atoms with Crippen LogP contribution in [0.4, 0.5) is 0 Å². The molecule has 0 saturated heterocycles. The van der Waals surface area contributed by atoms with Crippen molar-refractivity contribution in [3.05, 3.63) is 11.6 Å². The Hall–Kier alpha value is -1.32. The van der Waals surface area contributed by atoms with Crippen LogP contribution in [0.25, 0.3) is 0 Å². The first-order valence-electron chi connectivity index (χ1n) is 4.16. The average Bonchev–Trinajstić information content (AvgIpc) is 2.04. The van der Waals surface area contributed by atoms with Gasteiger partial charge in [-0.05, 0) is 31.8 Å². The predicted octanol–water partition coefficient (Wildman–Crippen LogP) is 1.27. The van der Waals surface area contributed by atoms with Gasteiger partial charge in [0.05, 0.1) is 0 Å². The molecule has 0 aliphatic heterocycles. The molecule has 2 N–H and O–H groups in total. The molecule has 0 aromatic heterocycles. The molecule has 0 aromatic rings. The van der Waals surface area contributed by atoms with Gasteiger partial charge in [-0.3, -0.25) is 9.59 Å². The van der Waals surface area contributed by atoms with Crippen molar-refractivity contribution in [1.82, 2.24) is 0 Å². The van der Waals surface area contributed by atoms with Crippen LogP contribution in [0, 0.1) is 5.41 Å². The summed E-state index contributed by atoms with van der Waals surface area (Å²) in [5.74, 6) is -2.51. The highest BCUT2D eigenvalue weighted by atomic mass is 16.4.